The molecule has 121 heavy (non-hydrogen) atoms. The number of fused-ring (bicyclic) bond motifs is 15. The van der Waals surface area contributed by atoms with E-state index in [9.17, 15) is 0 Å². The van der Waals surface area contributed by atoms with Crippen molar-refractivity contribution in [2.24, 2.45) is 0 Å². The summed E-state index contributed by atoms with van der Waals surface area (Å²) in [6, 6.07) is 122. The van der Waals surface area contributed by atoms with E-state index in [1.54, 1.807) is 0 Å². The van der Waals surface area contributed by atoms with Crippen LogP contribution in [-0.2, 0) is 10.8 Å². The van der Waals surface area contributed by atoms with Gasteiger partial charge in [0.15, 0.2) is 0 Å². The number of para-hydroxylation sites is 5. The molecular weight excluding hydrogens is 1470 g/mol. The quantitative estimate of drug-likeness (QED) is 0.149. The third-order valence-corrected chi connectivity index (χ3v) is 27.2. The lowest BCUT2D eigenvalue weighted by molar-refractivity contribution is 0.591. The van der Waals surface area contributed by atoms with Gasteiger partial charge in [-0.15, -0.1) is 0 Å². The van der Waals surface area contributed by atoms with Crippen LogP contribution in [0, 0.1) is 0 Å². The van der Waals surface area contributed by atoms with Crippen LogP contribution >= 0.6 is 0 Å². The lowest BCUT2D eigenvalue weighted by Gasteiger charge is -2.23. The highest BCUT2D eigenvalue weighted by molar-refractivity contribution is 6.34. The second kappa shape index (κ2) is 23.9. The zero-order chi connectivity index (χ0) is 79.9. The fourth-order valence-electron chi connectivity index (χ4n) is 21.3. The van der Waals surface area contributed by atoms with E-state index >= 15 is 0 Å². The van der Waals surface area contributed by atoms with Gasteiger partial charge in [-0.3, -0.25) is 0 Å². The summed E-state index contributed by atoms with van der Waals surface area (Å²) in [5, 5.41) is 33.1. The van der Waals surface area contributed by atoms with Crippen molar-refractivity contribution in [2.75, 3.05) is 0 Å². The van der Waals surface area contributed by atoms with Crippen molar-refractivity contribution in [3.63, 3.8) is 0 Å². The Morgan fingerprint density at radius 2 is 0.471 bits per heavy atom. The van der Waals surface area contributed by atoms with Crippen LogP contribution in [0.4, 0.5) is 0 Å². The van der Waals surface area contributed by atoms with Gasteiger partial charge < -0.3 is 22.1 Å². The van der Waals surface area contributed by atoms with E-state index in [1.807, 2.05) is 6.07 Å². The zero-order valence-corrected chi connectivity index (χ0v) is 67.2. The SMILES string of the molecule is CC(C)(C)c1cc2ccc3ccc(-c4ccc5oc6ccc(-c7ccc8oc9ccc(-c%10ccc%11cc(-c%12ccc%13oc%14c(-c%15cc(-c%16cccc%17c%16oc%16ccccc%16%17)c%16ccc%17c(-c%18cccc%19c%18oc%18ccccc%18%19)ccc%18ccc%15c%16c%18%17)cccc%14c%13c%12)c%12cc(C(C)(C)C)cc%13ccc%10c%11c%13%12)cc9c8c7)cc6c5c4)c4ccc(c1)c2c34. The molecule has 27 aromatic rings. The van der Waals surface area contributed by atoms with E-state index in [4.69, 9.17) is 22.1 Å². The highest BCUT2D eigenvalue weighted by Crippen LogP contribution is 2.54. The van der Waals surface area contributed by atoms with Crippen LogP contribution in [-0.4, -0.2) is 0 Å². The van der Waals surface area contributed by atoms with Gasteiger partial charge in [0, 0.05) is 70.6 Å². The van der Waals surface area contributed by atoms with E-state index in [1.165, 1.54) is 114 Å². The molecule has 0 spiro atoms. The summed E-state index contributed by atoms with van der Waals surface area (Å²) in [6.07, 6.45) is 0. The molecule has 5 heteroatoms. The Kier molecular flexibility index (Phi) is 13.2. The molecule has 0 fully saturated rings. The number of hydrogen-bond donors (Lipinski definition) is 0. The first-order valence-corrected chi connectivity index (χ1v) is 42.1. The Hall–Kier alpha value is -15.0. The van der Waals surface area contributed by atoms with Gasteiger partial charge in [-0.25, -0.2) is 0 Å². The smallest absolute Gasteiger partial charge is 0.143 e. The summed E-state index contributed by atoms with van der Waals surface area (Å²) >= 11 is 0. The van der Waals surface area contributed by atoms with E-state index < -0.39 is 0 Å². The lowest BCUT2D eigenvalue weighted by Crippen LogP contribution is -2.11. The molecule has 5 heterocycles. The Bertz CT molecular complexity index is 9230. The summed E-state index contributed by atoms with van der Waals surface area (Å²) in [5.41, 5.74) is 26.9. The van der Waals surface area contributed by atoms with E-state index in [-0.39, 0.29) is 10.8 Å². The molecule has 0 bridgehead atoms. The molecule has 5 aromatic heterocycles. The van der Waals surface area contributed by atoms with Gasteiger partial charge in [0.1, 0.15) is 55.8 Å². The van der Waals surface area contributed by atoms with Gasteiger partial charge in [0.25, 0.3) is 0 Å². The molecule has 0 aliphatic heterocycles. The molecule has 0 aliphatic carbocycles. The Balaban J connectivity index is 0.578. The standard InChI is InChI=1S/C116H72O5/c1-115(2,3)72-50-68-25-24-61-26-37-74(79-41-30-69(51-72)106(68)107(61)79)65-34-47-103-96(55-65)94-53-63(32-45-101(94)117-103)64-33-46-102-95(54-64)97-56-66(35-48-104(97)118-102)75-38-29-71-58-90(98-59-73(116(4,5)6)52-70-31-42-80(75)109(71)110(70)98)67-36-49-105-93(57-67)89-21-13-20-88(114(89)121-105)91-60-92(87-19-12-18-86-78-15-8-10-23-100(78)120-113(86)87)83-44-43-81-76(39-27-62-28-40-82(91)111(83)108(62)81)84-16-11-17-85-77-14-7-9-22-99(77)119-112(84)85/h7-60H,1-6H3. The van der Waals surface area contributed by atoms with Crippen LogP contribution in [0.3, 0.4) is 0 Å². The third-order valence-electron chi connectivity index (χ3n) is 27.2. The molecule has 0 saturated heterocycles. The van der Waals surface area contributed by atoms with Crippen LogP contribution in [0.2, 0.25) is 0 Å². The summed E-state index contributed by atoms with van der Waals surface area (Å²) in [7, 11) is 0. The van der Waals surface area contributed by atoms with Gasteiger partial charge in [0.05, 0.1) is 0 Å². The van der Waals surface area contributed by atoms with E-state index in [0.29, 0.717) is 0 Å². The zero-order valence-electron chi connectivity index (χ0n) is 67.2. The van der Waals surface area contributed by atoms with E-state index in [2.05, 4.69) is 363 Å². The molecule has 27 rings (SSSR count). The predicted octanol–water partition coefficient (Wildman–Crippen LogP) is 34.1. The summed E-state index contributed by atoms with van der Waals surface area (Å²) in [6.45, 7) is 13.9. The van der Waals surface area contributed by atoms with Crippen LogP contribution in [0.25, 0.3) is 285 Å². The molecule has 5 nitrogen and oxygen atoms in total. The van der Waals surface area contributed by atoms with Crippen molar-refractivity contribution >= 4 is 207 Å². The fourth-order valence-corrected chi connectivity index (χ4v) is 21.3. The van der Waals surface area contributed by atoms with Gasteiger partial charge >= 0.3 is 0 Å². The highest BCUT2D eigenvalue weighted by Gasteiger charge is 2.29. The average Bonchev–Trinajstić information content (AvgIpc) is 1.66. The topological polar surface area (TPSA) is 65.7 Å². The number of benzene rings is 22. The van der Waals surface area contributed by atoms with Crippen molar-refractivity contribution in [1.29, 1.82) is 0 Å². The molecular formula is C116H72O5. The average molecular weight is 1550 g/mol. The Morgan fingerprint density at radius 1 is 0.157 bits per heavy atom. The van der Waals surface area contributed by atoms with Gasteiger partial charge in [-0.1, -0.05) is 278 Å². The fraction of sp³-hybridized carbons (Fsp3) is 0.0690. The van der Waals surface area contributed by atoms with Crippen molar-refractivity contribution in [3.05, 3.63) is 339 Å². The molecule has 22 aromatic carbocycles. The Labute approximate surface area is 693 Å². The van der Waals surface area contributed by atoms with Gasteiger partial charge in [-0.2, -0.15) is 0 Å². The maximum absolute atomic E-state index is 7.33. The number of furan rings is 5. The lowest BCUT2D eigenvalue weighted by atomic mass is 9.81. The maximum atomic E-state index is 7.33. The summed E-state index contributed by atoms with van der Waals surface area (Å²) in [4.78, 5) is 0. The van der Waals surface area contributed by atoms with Crippen molar-refractivity contribution in [2.45, 2.75) is 52.4 Å². The number of rotatable bonds is 7. The first-order valence-electron chi connectivity index (χ1n) is 42.1. The number of hydrogen-bond acceptors (Lipinski definition) is 5. The molecule has 566 valence electrons. The van der Waals surface area contributed by atoms with Crippen LogP contribution < -0.4 is 0 Å². The molecule has 0 N–H and O–H groups in total. The molecule has 0 saturated carbocycles. The maximum Gasteiger partial charge on any atom is 0.143 e. The monoisotopic (exact) mass is 1540 g/mol. The third kappa shape index (κ3) is 9.52. The van der Waals surface area contributed by atoms with Crippen molar-refractivity contribution < 1.29 is 22.1 Å². The minimum atomic E-state index is -0.122. The van der Waals surface area contributed by atoms with E-state index in [0.717, 1.165) is 181 Å². The van der Waals surface area contributed by atoms with Gasteiger partial charge in [-0.05, 0) is 271 Å². The minimum absolute atomic E-state index is 0.0494. The largest absolute Gasteiger partial charge is 0.456 e. The normalized spacial score (nSPS) is 12.9. The minimum Gasteiger partial charge on any atom is -0.456 e. The second-order valence-electron chi connectivity index (χ2n) is 36.0. The van der Waals surface area contributed by atoms with Crippen LogP contribution in [0.1, 0.15) is 52.7 Å². The molecule has 0 radical (unpaired) electrons. The second-order valence-corrected chi connectivity index (χ2v) is 36.0. The van der Waals surface area contributed by atoms with Crippen molar-refractivity contribution in [3.8, 4) is 77.9 Å². The summed E-state index contributed by atoms with van der Waals surface area (Å²) in [5.74, 6) is 0. The Morgan fingerprint density at radius 3 is 0.983 bits per heavy atom. The first-order chi connectivity index (χ1) is 59.2. The molecule has 0 unspecified atom stereocenters. The summed E-state index contributed by atoms with van der Waals surface area (Å²) < 4.78 is 34.4. The van der Waals surface area contributed by atoms with Crippen LogP contribution in [0.5, 0.6) is 0 Å². The van der Waals surface area contributed by atoms with Crippen molar-refractivity contribution in [1.82, 2.24) is 0 Å². The van der Waals surface area contributed by atoms with Gasteiger partial charge in [0.2, 0.25) is 0 Å². The highest BCUT2D eigenvalue weighted by atomic mass is 16.3. The predicted molar refractivity (Wildman–Crippen MR) is 509 cm³/mol. The molecule has 0 amide bonds. The molecule has 0 atom stereocenters. The molecule has 0 aliphatic rings. The van der Waals surface area contributed by atoms with Crippen LogP contribution in [0.15, 0.2) is 350 Å². The first kappa shape index (κ1) is 67.0.